The number of hydrogen-bond donors (Lipinski definition) is 1. The number of hydrogen-bond acceptors (Lipinski definition) is 6. The summed E-state index contributed by atoms with van der Waals surface area (Å²) in [7, 11) is 3.19. The zero-order valence-electron chi connectivity index (χ0n) is 26.3. The number of anilines is 1. The second-order valence-electron chi connectivity index (χ2n) is 13.0. The van der Waals surface area contributed by atoms with E-state index in [9.17, 15) is 14.4 Å². The first kappa shape index (κ1) is 31.4. The van der Waals surface area contributed by atoms with E-state index >= 15 is 0 Å². The molecule has 8 nitrogen and oxygen atoms in total. The molecule has 2 aromatic rings. The summed E-state index contributed by atoms with van der Waals surface area (Å²) >= 11 is 0. The topological polar surface area (TPSA) is 94.2 Å². The van der Waals surface area contributed by atoms with E-state index in [1.54, 1.807) is 47.1 Å². The van der Waals surface area contributed by atoms with Crippen LogP contribution < -0.4 is 14.8 Å². The quantitative estimate of drug-likeness (QED) is 0.216. The highest BCUT2D eigenvalue weighted by molar-refractivity contribution is 6.10. The number of likely N-dealkylation sites (N-methyl/N-ethyl adjacent to an activating group) is 1. The van der Waals surface area contributed by atoms with Crippen LogP contribution in [0.1, 0.15) is 89.8 Å². The van der Waals surface area contributed by atoms with Crippen molar-refractivity contribution in [2.45, 2.75) is 97.1 Å². The fraction of sp³-hybridized carbons (Fsp3) is 0.559. The van der Waals surface area contributed by atoms with Crippen molar-refractivity contribution in [3.8, 4) is 11.5 Å². The van der Waals surface area contributed by atoms with Crippen LogP contribution in [0, 0.1) is 18.8 Å². The number of nitrogens with one attached hydrogen (secondary N) is 1. The van der Waals surface area contributed by atoms with Crippen molar-refractivity contribution >= 4 is 23.7 Å². The lowest BCUT2D eigenvalue weighted by atomic mass is 9.64. The van der Waals surface area contributed by atoms with Gasteiger partial charge in [0.2, 0.25) is 5.91 Å². The van der Waals surface area contributed by atoms with Gasteiger partial charge in [-0.05, 0) is 81.7 Å². The molecule has 8 heteroatoms. The summed E-state index contributed by atoms with van der Waals surface area (Å²) in [6.45, 7) is 11.0. The van der Waals surface area contributed by atoms with Gasteiger partial charge < -0.3 is 19.5 Å². The highest BCUT2D eigenvalue weighted by Gasteiger charge is 2.53. The number of ether oxygens (including phenoxy) is 3. The molecule has 1 saturated carbocycles. The molecule has 42 heavy (non-hydrogen) atoms. The number of benzene rings is 2. The first-order valence-corrected chi connectivity index (χ1v) is 15.1. The molecule has 0 saturated heterocycles. The monoisotopic (exact) mass is 578 g/mol. The Morgan fingerprint density at radius 1 is 1.00 bits per heavy atom. The van der Waals surface area contributed by atoms with Gasteiger partial charge in [0.25, 0.3) is 0 Å². The Labute approximate surface area is 250 Å². The van der Waals surface area contributed by atoms with Gasteiger partial charge in [0.15, 0.2) is 0 Å². The van der Waals surface area contributed by atoms with Crippen LogP contribution in [0.4, 0.5) is 10.5 Å². The van der Waals surface area contributed by atoms with Crippen molar-refractivity contribution in [1.29, 1.82) is 0 Å². The molecule has 2 aliphatic rings. The number of amides is 2. The Bertz CT molecular complexity index is 1300. The molecule has 1 aliphatic heterocycles. The molecule has 2 aromatic carbocycles. The van der Waals surface area contributed by atoms with Gasteiger partial charge in [0.05, 0.1) is 12.8 Å². The zero-order chi connectivity index (χ0) is 30.8. The molecule has 1 heterocycles. The van der Waals surface area contributed by atoms with Crippen LogP contribution in [-0.4, -0.2) is 48.7 Å². The van der Waals surface area contributed by atoms with E-state index in [1.807, 2.05) is 45.0 Å². The average molecular weight is 579 g/mol. The Morgan fingerprint density at radius 3 is 2.17 bits per heavy atom. The standard InChI is InChI=1S/C34H46N2O6/c1-21(2)29(36(7)32(39)42-33(4,5)6)30(37)41-25-17-15-24(16-18-25)34(23-13-11-9-10-12-14-23)26-19-20-27(40-8)22(3)28(26)35-31(34)38/h15-21,23,29H,9-14H2,1-8H3,(H,35,38). The summed E-state index contributed by atoms with van der Waals surface area (Å²) in [4.78, 5) is 41.4. The van der Waals surface area contributed by atoms with E-state index in [0.717, 1.165) is 53.8 Å². The molecule has 1 fully saturated rings. The van der Waals surface area contributed by atoms with Gasteiger partial charge in [-0.3, -0.25) is 9.69 Å². The Hall–Kier alpha value is -3.55. The Morgan fingerprint density at radius 2 is 1.62 bits per heavy atom. The summed E-state index contributed by atoms with van der Waals surface area (Å²) in [5.41, 5.74) is 2.05. The van der Waals surface area contributed by atoms with Crippen LogP contribution in [0.2, 0.25) is 0 Å². The minimum atomic E-state index is -0.851. The van der Waals surface area contributed by atoms with Crippen LogP contribution >= 0.6 is 0 Å². The predicted octanol–water partition coefficient (Wildman–Crippen LogP) is 7.01. The van der Waals surface area contributed by atoms with Crippen LogP contribution in [-0.2, 0) is 19.7 Å². The molecule has 2 unspecified atom stereocenters. The molecule has 0 radical (unpaired) electrons. The highest BCUT2D eigenvalue weighted by atomic mass is 16.6. The molecular formula is C34H46N2O6. The molecule has 1 aliphatic carbocycles. The van der Waals surface area contributed by atoms with Crippen molar-refractivity contribution in [3.05, 3.63) is 53.1 Å². The molecule has 1 N–H and O–H groups in total. The molecular weight excluding hydrogens is 532 g/mol. The lowest BCUT2D eigenvalue weighted by molar-refractivity contribution is -0.141. The van der Waals surface area contributed by atoms with Gasteiger partial charge in [-0.2, -0.15) is 0 Å². The first-order chi connectivity index (χ1) is 19.8. The van der Waals surface area contributed by atoms with Crippen molar-refractivity contribution < 1.29 is 28.6 Å². The summed E-state index contributed by atoms with van der Waals surface area (Å²) in [6.07, 6.45) is 5.85. The van der Waals surface area contributed by atoms with Gasteiger partial charge in [0, 0.05) is 12.6 Å². The van der Waals surface area contributed by atoms with E-state index < -0.39 is 29.1 Å². The fourth-order valence-corrected chi connectivity index (χ4v) is 6.67. The largest absolute Gasteiger partial charge is 0.496 e. The fourth-order valence-electron chi connectivity index (χ4n) is 6.67. The van der Waals surface area contributed by atoms with Gasteiger partial charge in [-0.25, -0.2) is 9.59 Å². The minimum absolute atomic E-state index is 0.0237. The van der Waals surface area contributed by atoms with E-state index in [1.165, 1.54) is 17.7 Å². The maximum absolute atomic E-state index is 14.1. The number of rotatable bonds is 7. The second-order valence-corrected chi connectivity index (χ2v) is 13.0. The van der Waals surface area contributed by atoms with Crippen molar-refractivity contribution in [2.75, 3.05) is 19.5 Å². The van der Waals surface area contributed by atoms with Crippen LogP contribution in [0.5, 0.6) is 11.5 Å². The SMILES string of the molecule is COc1ccc2c(c1C)NC(=O)C2(c1ccc(OC(=O)C(C(C)C)N(C)C(=O)OC(C)(C)C)cc1)C1CCCCCC1. The third-order valence-electron chi connectivity index (χ3n) is 8.62. The molecule has 2 amide bonds. The number of nitrogens with zero attached hydrogens (tertiary/aromatic N) is 1. The Kier molecular flexibility index (Phi) is 9.24. The van der Waals surface area contributed by atoms with Gasteiger partial charge in [-0.15, -0.1) is 0 Å². The van der Waals surface area contributed by atoms with E-state index in [-0.39, 0.29) is 17.7 Å². The summed E-state index contributed by atoms with van der Waals surface area (Å²) in [6, 6.07) is 10.5. The van der Waals surface area contributed by atoms with Crippen LogP contribution in [0.25, 0.3) is 0 Å². The maximum Gasteiger partial charge on any atom is 0.410 e. The van der Waals surface area contributed by atoms with Crippen molar-refractivity contribution in [2.24, 2.45) is 11.8 Å². The third-order valence-corrected chi connectivity index (χ3v) is 8.62. The number of methoxy groups -OCH3 is 1. The summed E-state index contributed by atoms with van der Waals surface area (Å²) < 4.78 is 16.8. The zero-order valence-corrected chi connectivity index (χ0v) is 26.3. The molecule has 2 atom stereocenters. The molecule has 4 rings (SSSR count). The highest BCUT2D eigenvalue weighted by Crippen LogP contribution is 2.53. The number of esters is 1. The second kappa shape index (κ2) is 12.4. The number of fused-ring (bicyclic) bond motifs is 1. The number of carbonyl (C=O) groups is 3. The van der Waals surface area contributed by atoms with Crippen molar-refractivity contribution in [1.82, 2.24) is 4.90 Å². The minimum Gasteiger partial charge on any atom is -0.496 e. The van der Waals surface area contributed by atoms with Crippen molar-refractivity contribution in [3.63, 3.8) is 0 Å². The molecule has 0 bridgehead atoms. The maximum atomic E-state index is 14.1. The van der Waals surface area contributed by atoms with Crippen LogP contribution in [0.15, 0.2) is 36.4 Å². The predicted molar refractivity (Wildman–Crippen MR) is 163 cm³/mol. The summed E-state index contributed by atoms with van der Waals surface area (Å²) in [5.74, 6) is 0.458. The van der Waals surface area contributed by atoms with E-state index in [4.69, 9.17) is 14.2 Å². The van der Waals surface area contributed by atoms with E-state index in [0.29, 0.717) is 5.75 Å². The lowest BCUT2D eigenvalue weighted by Gasteiger charge is -2.36. The lowest BCUT2D eigenvalue weighted by Crippen LogP contribution is -2.49. The van der Waals surface area contributed by atoms with Gasteiger partial charge >= 0.3 is 12.1 Å². The first-order valence-electron chi connectivity index (χ1n) is 15.1. The molecule has 0 spiro atoms. The van der Waals surface area contributed by atoms with Gasteiger partial charge in [-0.1, -0.05) is 57.7 Å². The van der Waals surface area contributed by atoms with E-state index in [2.05, 4.69) is 5.32 Å². The Balaban J connectivity index is 1.67. The smallest absolute Gasteiger partial charge is 0.410 e. The molecule has 0 aromatic heterocycles. The summed E-state index contributed by atoms with van der Waals surface area (Å²) in [5, 5.41) is 3.21. The number of carbonyl (C=O) groups excluding carboxylic acids is 3. The average Bonchev–Trinajstić information content (AvgIpc) is 3.05. The van der Waals surface area contributed by atoms with Crippen LogP contribution in [0.3, 0.4) is 0 Å². The third kappa shape index (κ3) is 5.99. The molecule has 228 valence electrons. The van der Waals surface area contributed by atoms with Gasteiger partial charge in [0.1, 0.15) is 28.6 Å². The normalized spacial score (nSPS) is 19.9.